The number of nitriles is 1. The molecule has 0 aromatic heterocycles. The molecule has 0 unspecified atom stereocenters. The highest BCUT2D eigenvalue weighted by atomic mass is 16.1. The summed E-state index contributed by atoms with van der Waals surface area (Å²) in [5.41, 5.74) is 1.76. The third-order valence-corrected chi connectivity index (χ3v) is 3.51. The number of hydrogen-bond donors (Lipinski definition) is 2. The molecule has 0 spiro atoms. The number of benzene rings is 2. The van der Waals surface area contributed by atoms with Crippen molar-refractivity contribution in [3.63, 3.8) is 0 Å². The van der Waals surface area contributed by atoms with Crippen LogP contribution in [0.1, 0.15) is 37.9 Å². The van der Waals surface area contributed by atoms with Gasteiger partial charge < -0.3 is 10.6 Å². The lowest BCUT2D eigenvalue weighted by Crippen LogP contribution is -2.41. The molecule has 0 saturated carbocycles. The van der Waals surface area contributed by atoms with E-state index in [1.807, 2.05) is 87.5 Å². The Balaban J connectivity index is 2.28. The molecule has 2 aromatic rings. The van der Waals surface area contributed by atoms with E-state index in [4.69, 9.17) is 0 Å². The fourth-order valence-corrected chi connectivity index (χ4v) is 2.40. The fourth-order valence-electron chi connectivity index (χ4n) is 2.40. The molecule has 0 aliphatic carbocycles. The minimum absolute atomic E-state index is 0.0480. The summed E-state index contributed by atoms with van der Waals surface area (Å²) >= 11 is 0. The van der Waals surface area contributed by atoms with Gasteiger partial charge in [-0.2, -0.15) is 5.26 Å². The maximum atomic E-state index is 12.2. The van der Waals surface area contributed by atoms with Gasteiger partial charge in [0.1, 0.15) is 11.6 Å². The van der Waals surface area contributed by atoms with Crippen LogP contribution in [0.5, 0.6) is 0 Å². The van der Waals surface area contributed by atoms with Gasteiger partial charge in [-0.05, 0) is 31.9 Å². The first-order chi connectivity index (χ1) is 11.9. The van der Waals surface area contributed by atoms with Gasteiger partial charge in [0.05, 0.1) is 6.04 Å². The molecule has 1 amide bonds. The highest BCUT2D eigenvalue weighted by Gasteiger charge is 2.18. The minimum Gasteiger partial charge on any atom is -0.379 e. The third-order valence-electron chi connectivity index (χ3n) is 3.51. The Hall–Kier alpha value is -3.06. The zero-order chi connectivity index (χ0) is 18.3. The van der Waals surface area contributed by atoms with Crippen LogP contribution in [0.2, 0.25) is 0 Å². The molecule has 0 saturated heterocycles. The molecular formula is C21H23N3O. The summed E-state index contributed by atoms with van der Waals surface area (Å²) in [6.45, 7) is 5.64. The SMILES string of the molecule is CC(C)(C)NC(=O)/C(C#N)=C\NC(c1ccccc1)c1ccccc1. The van der Waals surface area contributed by atoms with Gasteiger partial charge in [0.25, 0.3) is 5.91 Å². The second kappa shape index (κ2) is 8.16. The molecule has 4 nitrogen and oxygen atoms in total. The predicted octanol–water partition coefficient (Wildman–Crippen LogP) is 3.69. The number of carbonyl (C=O) groups is 1. The maximum absolute atomic E-state index is 12.2. The normalized spacial score (nSPS) is 11.7. The van der Waals surface area contributed by atoms with Crippen LogP contribution in [0.25, 0.3) is 0 Å². The highest BCUT2D eigenvalue weighted by molar-refractivity contribution is 5.97. The van der Waals surface area contributed by atoms with Gasteiger partial charge >= 0.3 is 0 Å². The monoisotopic (exact) mass is 333 g/mol. The minimum atomic E-state index is -0.398. The molecule has 2 rings (SSSR count). The van der Waals surface area contributed by atoms with Crippen LogP contribution in [0, 0.1) is 11.3 Å². The number of nitrogens with zero attached hydrogens (tertiary/aromatic N) is 1. The van der Waals surface area contributed by atoms with Gasteiger partial charge in [0.2, 0.25) is 0 Å². The topological polar surface area (TPSA) is 64.9 Å². The van der Waals surface area contributed by atoms with E-state index < -0.39 is 5.54 Å². The Bertz CT molecular complexity index is 729. The van der Waals surface area contributed by atoms with Crippen molar-refractivity contribution in [2.24, 2.45) is 0 Å². The number of amides is 1. The Labute approximate surface area is 149 Å². The van der Waals surface area contributed by atoms with Gasteiger partial charge in [-0.15, -0.1) is 0 Å². The van der Waals surface area contributed by atoms with Crippen LogP contribution < -0.4 is 10.6 Å². The van der Waals surface area contributed by atoms with Crippen LogP contribution in [0.15, 0.2) is 72.4 Å². The summed E-state index contributed by atoms with van der Waals surface area (Å²) in [4.78, 5) is 12.2. The average molecular weight is 333 g/mol. The third kappa shape index (κ3) is 5.50. The predicted molar refractivity (Wildman–Crippen MR) is 99.5 cm³/mol. The molecular weight excluding hydrogens is 310 g/mol. The summed E-state index contributed by atoms with van der Waals surface area (Å²) in [7, 11) is 0. The first-order valence-corrected chi connectivity index (χ1v) is 8.19. The lowest BCUT2D eigenvalue weighted by atomic mass is 9.99. The molecule has 0 bridgehead atoms. The van der Waals surface area contributed by atoms with Crippen molar-refractivity contribution in [2.75, 3.05) is 0 Å². The fraction of sp³-hybridized carbons (Fsp3) is 0.238. The van der Waals surface area contributed by atoms with Crippen molar-refractivity contribution in [3.8, 4) is 6.07 Å². The summed E-state index contributed by atoms with van der Waals surface area (Å²) in [6, 6.07) is 21.7. The van der Waals surface area contributed by atoms with Crippen molar-refractivity contribution in [1.29, 1.82) is 5.26 Å². The first-order valence-electron chi connectivity index (χ1n) is 8.19. The molecule has 2 N–H and O–H groups in total. The van der Waals surface area contributed by atoms with Crippen molar-refractivity contribution >= 4 is 5.91 Å². The summed E-state index contributed by atoms with van der Waals surface area (Å²) < 4.78 is 0. The van der Waals surface area contributed by atoms with Crippen LogP contribution in [0.4, 0.5) is 0 Å². The number of hydrogen-bond acceptors (Lipinski definition) is 3. The molecule has 0 fully saturated rings. The Morgan fingerprint density at radius 1 is 1.00 bits per heavy atom. The highest BCUT2D eigenvalue weighted by Crippen LogP contribution is 2.21. The van der Waals surface area contributed by atoms with Crippen LogP contribution >= 0.6 is 0 Å². The molecule has 0 heterocycles. The van der Waals surface area contributed by atoms with Crippen molar-refractivity contribution in [3.05, 3.63) is 83.6 Å². The Morgan fingerprint density at radius 3 is 1.88 bits per heavy atom. The van der Waals surface area contributed by atoms with Gasteiger partial charge in [-0.25, -0.2) is 0 Å². The summed E-state index contributed by atoms with van der Waals surface area (Å²) in [5.74, 6) is -0.387. The summed E-state index contributed by atoms with van der Waals surface area (Å²) in [5, 5.41) is 15.4. The quantitative estimate of drug-likeness (QED) is 0.648. The van der Waals surface area contributed by atoms with Crippen LogP contribution in [-0.4, -0.2) is 11.4 Å². The standard InChI is InChI=1S/C21H23N3O/c1-21(2,3)24-20(25)18(14-22)15-23-19(16-10-6-4-7-11-16)17-12-8-5-9-13-17/h4-13,15,19,23H,1-3H3,(H,24,25)/b18-15-. The number of rotatable bonds is 5. The zero-order valence-electron chi connectivity index (χ0n) is 14.8. The molecule has 0 radical (unpaired) electrons. The molecule has 0 aliphatic rings. The molecule has 2 aromatic carbocycles. The molecule has 4 heteroatoms. The molecule has 0 aliphatic heterocycles. The van der Waals surface area contributed by atoms with Crippen molar-refractivity contribution in [1.82, 2.24) is 10.6 Å². The maximum Gasteiger partial charge on any atom is 0.263 e. The Morgan fingerprint density at radius 2 is 1.48 bits per heavy atom. The smallest absolute Gasteiger partial charge is 0.263 e. The van der Waals surface area contributed by atoms with E-state index in [1.165, 1.54) is 6.20 Å². The van der Waals surface area contributed by atoms with Crippen LogP contribution in [0.3, 0.4) is 0 Å². The van der Waals surface area contributed by atoms with E-state index in [9.17, 15) is 10.1 Å². The van der Waals surface area contributed by atoms with Crippen molar-refractivity contribution < 1.29 is 4.79 Å². The van der Waals surface area contributed by atoms with E-state index in [1.54, 1.807) is 0 Å². The lowest BCUT2D eigenvalue weighted by Gasteiger charge is -2.21. The average Bonchev–Trinajstić information content (AvgIpc) is 2.59. The van der Waals surface area contributed by atoms with Crippen LogP contribution in [-0.2, 0) is 4.79 Å². The van der Waals surface area contributed by atoms with E-state index in [0.717, 1.165) is 11.1 Å². The van der Waals surface area contributed by atoms with Gasteiger partial charge in [0, 0.05) is 11.7 Å². The molecule has 25 heavy (non-hydrogen) atoms. The van der Waals surface area contributed by atoms with E-state index in [-0.39, 0.29) is 17.5 Å². The van der Waals surface area contributed by atoms with E-state index in [2.05, 4.69) is 10.6 Å². The van der Waals surface area contributed by atoms with Gasteiger partial charge in [-0.3, -0.25) is 4.79 Å². The van der Waals surface area contributed by atoms with E-state index in [0.29, 0.717) is 0 Å². The van der Waals surface area contributed by atoms with Gasteiger partial charge in [-0.1, -0.05) is 60.7 Å². The van der Waals surface area contributed by atoms with E-state index >= 15 is 0 Å². The first kappa shape index (κ1) is 18.3. The number of nitrogens with one attached hydrogen (secondary N) is 2. The Kier molecular flexibility index (Phi) is 5.97. The molecule has 0 atom stereocenters. The molecule has 128 valence electrons. The number of carbonyl (C=O) groups excluding carboxylic acids is 1. The second-order valence-electron chi connectivity index (χ2n) is 6.79. The van der Waals surface area contributed by atoms with Crippen molar-refractivity contribution in [2.45, 2.75) is 32.4 Å². The largest absolute Gasteiger partial charge is 0.379 e. The summed E-state index contributed by atoms with van der Waals surface area (Å²) in [6.07, 6.45) is 1.49. The zero-order valence-corrected chi connectivity index (χ0v) is 14.8. The lowest BCUT2D eigenvalue weighted by molar-refractivity contribution is -0.118. The van der Waals surface area contributed by atoms with Gasteiger partial charge in [0.15, 0.2) is 0 Å². The second-order valence-corrected chi connectivity index (χ2v) is 6.79.